The first-order chi connectivity index (χ1) is 16.8. The summed E-state index contributed by atoms with van der Waals surface area (Å²) in [5, 5.41) is 2.93. The molecule has 5 rings (SSSR count). The minimum Gasteiger partial charge on any atom is -0.493 e. The summed E-state index contributed by atoms with van der Waals surface area (Å²) in [7, 11) is 4.55. The molecule has 3 aliphatic rings. The Balaban J connectivity index is 1.41. The van der Waals surface area contributed by atoms with Gasteiger partial charge in [-0.1, -0.05) is 38.1 Å². The van der Waals surface area contributed by atoms with Gasteiger partial charge < -0.3 is 29.2 Å². The zero-order valence-electron chi connectivity index (χ0n) is 20.5. The molecule has 0 radical (unpaired) electrons. The van der Waals surface area contributed by atoms with E-state index in [1.54, 1.807) is 17.0 Å². The van der Waals surface area contributed by atoms with Gasteiger partial charge >= 0.3 is 0 Å². The van der Waals surface area contributed by atoms with E-state index in [0.717, 1.165) is 5.69 Å². The van der Waals surface area contributed by atoms with Crippen molar-refractivity contribution in [3.63, 3.8) is 0 Å². The van der Waals surface area contributed by atoms with Crippen LogP contribution >= 0.6 is 0 Å². The number of nitrogens with one attached hydrogen (secondary N) is 1. The number of nitrogens with zero attached hydrogens (tertiary/aromatic N) is 1. The Labute approximate surface area is 204 Å². The monoisotopic (exact) mass is 478 g/mol. The number of anilines is 2. The zero-order valence-corrected chi connectivity index (χ0v) is 20.5. The molecule has 0 saturated carbocycles. The summed E-state index contributed by atoms with van der Waals surface area (Å²) in [5.74, 6) is 0.0666. The molecule has 2 amide bonds. The standard InChI is InChI=1S/C27H30N2O6/c1-15(2)16-6-8-18(9-7-16)29-14-27-11-10-19(35-27)22(23(27)26(29)31)25(30)28-17-12-20(32-3)24(34-5)21(13-17)33-4/h6-13,15,19,22-23H,14H2,1-5H3,(H,28,30). The van der Waals surface area contributed by atoms with Gasteiger partial charge in [-0.2, -0.15) is 0 Å². The molecule has 35 heavy (non-hydrogen) atoms. The lowest BCUT2D eigenvalue weighted by atomic mass is 9.76. The molecule has 2 aromatic rings. The minimum atomic E-state index is -0.796. The third kappa shape index (κ3) is 3.63. The molecular weight excluding hydrogens is 448 g/mol. The Hall–Kier alpha value is -3.52. The Morgan fingerprint density at radius 2 is 1.74 bits per heavy atom. The molecule has 8 nitrogen and oxygen atoms in total. The van der Waals surface area contributed by atoms with Gasteiger partial charge in [0.1, 0.15) is 5.60 Å². The zero-order chi connectivity index (χ0) is 24.9. The lowest BCUT2D eigenvalue weighted by Crippen LogP contribution is -2.41. The quantitative estimate of drug-likeness (QED) is 0.610. The molecule has 3 heterocycles. The number of rotatable bonds is 7. The van der Waals surface area contributed by atoms with Crippen molar-refractivity contribution in [3.05, 3.63) is 54.1 Å². The van der Waals surface area contributed by atoms with E-state index in [4.69, 9.17) is 18.9 Å². The third-order valence-corrected chi connectivity index (χ3v) is 7.21. The van der Waals surface area contributed by atoms with Crippen molar-refractivity contribution in [2.45, 2.75) is 31.5 Å². The average molecular weight is 479 g/mol. The van der Waals surface area contributed by atoms with Crippen molar-refractivity contribution >= 4 is 23.2 Å². The van der Waals surface area contributed by atoms with Crippen LogP contribution < -0.4 is 24.4 Å². The SMILES string of the molecule is COc1cc(NC(=O)C2C3C=CC4(CN(c5ccc(C(C)C)cc5)C(=O)C24)O3)cc(OC)c1OC. The Morgan fingerprint density at radius 3 is 2.31 bits per heavy atom. The normalized spacial score (nSPS) is 26.3. The van der Waals surface area contributed by atoms with Crippen LogP contribution in [0.2, 0.25) is 0 Å². The van der Waals surface area contributed by atoms with Crippen molar-refractivity contribution in [2.75, 3.05) is 38.1 Å². The fourth-order valence-corrected chi connectivity index (χ4v) is 5.43. The van der Waals surface area contributed by atoms with Gasteiger partial charge in [-0.25, -0.2) is 0 Å². The van der Waals surface area contributed by atoms with E-state index >= 15 is 0 Å². The van der Waals surface area contributed by atoms with Gasteiger partial charge in [0.2, 0.25) is 17.6 Å². The van der Waals surface area contributed by atoms with Crippen LogP contribution in [0.25, 0.3) is 0 Å². The molecule has 4 atom stereocenters. The van der Waals surface area contributed by atoms with Crippen molar-refractivity contribution in [2.24, 2.45) is 11.8 Å². The molecule has 2 bridgehead atoms. The summed E-state index contributed by atoms with van der Waals surface area (Å²) < 4.78 is 22.4. The van der Waals surface area contributed by atoms with Crippen molar-refractivity contribution in [1.82, 2.24) is 0 Å². The summed E-state index contributed by atoms with van der Waals surface area (Å²) in [6.45, 7) is 4.65. The Kier molecular flexibility index (Phi) is 5.71. The second-order valence-corrected chi connectivity index (χ2v) is 9.47. The van der Waals surface area contributed by atoms with Crippen molar-refractivity contribution in [1.29, 1.82) is 0 Å². The molecule has 184 valence electrons. The highest BCUT2D eigenvalue weighted by Gasteiger charge is 2.67. The lowest BCUT2D eigenvalue weighted by molar-refractivity contribution is -0.128. The molecule has 1 spiro atoms. The number of ether oxygens (including phenoxy) is 4. The van der Waals surface area contributed by atoms with Crippen LogP contribution in [-0.4, -0.2) is 51.4 Å². The summed E-state index contributed by atoms with van der Waals surface area (Å²) in [4.78, 5) is 28.9. The molecule has 2 aromatic carbocycles. The van der Waals surface area contributed by atoms with Gasteiger partial charge in [0, 0.05) is 23.5 Å². The third-order valence-electron chi connectivity index (χ3n) is 7.21. The first kappa shape index (κ1) is 23.2. The second-order valence-electron chi connectivity index (χ2n) is 9.47. The highest BCUT2D eigenvalue weighted by atomic mass is 16.5. The van der Waals surface area contributed by atoms with Crippen LogP contribution in [0, 0.1) is 11.8 Å². The van der Waals surface area contributed by atoms with E-state index < -0.39 is 23.5 Å². The number of hydrogen-bond acceptors (Lipinski definition) is 6. The summed E-state index contributed by atoms with van der Waals surface area (Å²) in [6, 6.07) is 11.3. The fraction of sp³-hybridized carbons (Fsp3) is 0.407. The van der Waals surface area contributed by atoms with E-state index in [2.05, 4.69) is 19.2 Å². The Morgan fingerprint density at radius 1 is 1.09 bits per heavy atom. The van der Waals surface area contributed by atoms with Crippen LogP contribution in [0.4, 0.5) is 11.4 Å². The van der Waals surface area contributed by atoms with Crippen LogP contribution in [0.3, 0.4) is 0 Å². The first-order valence-electron chi connectivity index (χ1n) is 11.7. The van der Waals surface area contributed by atoms with Crippen LogP contribution in [0.5, 0.6) is 17.2 Å². The number of methoxy groups -OCH3 is 3. The van der Waals surface area contributed by atoms with Crippen LogP contribution in [0.1, 0.15) is 25.3 Å². The van der Waals surface area contributed by atoms with Crippen molar-refractivity contribution < 1.29 is 28.5 Å². The molecule has 4 unspecified atom stereocenters. The molecule has 8 heteroatoms. The lowest BCUT2D eigenvalue weighted by Gasteiger charge is -2.24. The maximum Gasteiger partial charge on any atom is 0.234 e. The van der Waals surface area contributed by atoms with Gasteiger partial charge in [-0.15, -0.1) is 0 Å². The molecule has 1 N–H and O–H groups in total. The summed E-state index contributed by atoms with van der Waals surface area (Å²) >= 11 is 0. The fourth-order valence-electron chi connectivity index (χ4n) is 5.43. The minimum absolute atomic E-state index is 0.0980. The number of hydrogen-bond donors (Lipinski definition) is 1. The van der Waals surface area contributed by atoms with Gasteiger partial charge in [-0.3, -0.25) is 9.59 Å². The van der Waals surface area contributed by atoms with Crippen LogP contribution in [-0.2, 0) is 14.3 Å². The smallest absolute Gasteiger partial charge is 0.234 e. The van der Waals surface area contributed by atoms with Gasteiger partial charge in [0.05, 0.1) is 45.8 Å². The molecule has 0 aromatic heterocycles. The first-order valence-corrected chi connectivity index (χ1v) is 11.7. The van der Waals surface area contributed by atoms with E-state index in [1.807, 2.05) is 36.4 Å². The molecule has 2 fully saturated rings. The van der Waals surface area contributed by atoms with E-state index in [1.165, 1.54) is 26.9 Å². The number of carbonyl (C=O) groups excluding carboxylic acids is 2. The number of carbonyl (C=O) groups is 2. The van der Waals surface area contributed by atoms with Crippen molar-refractivity contribution in [3.8, 4) is 17.2 Å². The maximum absolute atomic E-state index is 13.6. The Bertz CT molecular complexity index is 1170. The predicted octanol–water partition coefficient (Wildman–Crippen LogP) is 3.76. The highest BCUT2D eigenvalue weighted by molar-refractivity contribution is 6.05. The van der Waals surface area contributed by atoms with E-state index in [-0.39, 0.29) is 11.8 Å². The topological polar surface area (TPSA) is 86.3 Å². The molecule has 2 saturated heterocycles. The van der Waals surface area contributed by atoms with Crippen LogP contribution in [0.15, 0.2) is 48.6 Å². The van der Waals surface area contributed by atoms with Gasteiger partial charge in [0.15, 0.2) is 11.5 Å². The maximum atomic E-state index is 13.6. The highest BCUT2D eigenvalue weighted by Crippen LogP contribution is 2.53. The molecule has 3 aliphatic heterocycles. The van der Waals surface area contributed by atoms with E-state index in [9.17, 15) is 9.59 Å². The number of amides is 2. The van der Waals surface area contributed by atoms with E-state index in [0.29, 0.717) is 35.4 Å². The molecule has 0 aliphatic carbocycles. The van der Waals surface area contributed by atoms with Gasteiger partial charge in [-0.05, 0) is 23.6 Å². The predicted molar refractivity (Wildman–Crippen MR) is 131 cm³/mol. The molecular formula is C27H30N2O6. The summed E-state index contributed by atoms with van der Waals surface area (Å²) in [6.07, 6.45) is 3.40. The number of fused-ring (bicyclic) bond motifs is 1. The second kappa shape index (κ2) is 8.61. The largest absolute Gasteiger partial charge is 0.493 e. The number of benzene rings is 2. The summed E-state index contributed by atoms with van der Waals surface area (Å²) in [5.41, 5.74) is 1.71. The van der Waals surface area contributed by atoms with Gasteiger partial charge in [0.25, 0.3) is 0 Å². The average Bonchev–Trinajstić information content (AvgIpc) is 3.51.